The van der Waals surface area contributed by atoms with Gasteiger partial charge in [-0.25, -0.2) is 4.79 Å². The average Bonchev–Trinajstić information content (AvgIpc) is 3.31. The molecule has 1 fully saturated rings. The third-order valence-corrected chi connectivity index (χ3v) is 5.31. The van der Waals surface area contributed by atoms with Crippen LogP contribution in [0.15, 0.2) is 41.2 Å². The number of carbonyl (C=O) groups excluding carboxylic acids is 2. The molecular weight excluding hydrogens is 336 g/mol. The van der Waals surface area contributed by atoms with Gasteiger partial charge in [-0.05, 0) is 58.6 Å². The number of carbonyl (C=O) groups is 2. The predicted molar refractivity (Wildman–Crippen MR) is 97.7 cm³/mol. The highest BCUT2D eigenvalue weighted by Gasteiger charge is 2.38. The SMILES string of the molecule is NCCc1c[nH]c2ccc(C(c3ccsc3)C3NC(=O)NC3=O)cc12. The molecule has 0 aliphatic carbocycles. The number of fused-ring (bicyclic) bond motifs is 1. The van der Waals surface area contributed by atoms with E-state index in [1.165, 1.54) is 0 Å². The van der Waals surface area contributed by atoms with Gasteiger partial charge in [0.15, 0.2) is 0 Å². The standard InChI is InChI=1S/C18H18N4O2S/c19-5-3-11-8-20-14-2-1-10(7-13(11)14)15(12-4-6-25-9-12)16-17(23)22-18(24)21-16/h1-2,4,6-9,15-16,20H,3,5,19H2,(H2,21,22,23,24). The van der Waals surface area contributed by atoms with E-state index in [-0.39, 0.29) is 11.8 Å². The summed E-state index contributed by atoms with van der Waals surface area (Å²) in [7, 11) is 0. The maximum atomic E-state index is 12.3. The molecule has 4 rings (SSSR count). The minimum absolute atomic E-state index is 0.234. The zero-order chi connectivity index (χ0) is 17.4. The van der Waals surface area contributed by atoms with Crippen molar-refractivity contribution in [1.82, 2.24) is 15.6 Å². The minimum Gasteiger partial charge on any atom is -0.361 e. The summed E-state index contributed by atoms with van der Waals surface area (Å²) in [5.41, 5.74) is 9.91. The van der Waals surface area contributed by atoms with E-state index in [0.717, 1.165) is 34.0 Å². The number of amides is 3. The summed E-state index contributed by atoms with van der Waals surface area (Å²) < 4.78 is 0. The molecule has 6 nitrogen and oxygen atoms in total. The van der Waals surface area contributed by atoms with E-state index in [1.54, 1.807) is 11.3 Å². The second kappa shape index (κ2) is 6.34. The molecule has 3 heterocycles. The number of aromatic amines is 1. The van der Waals surface area contributed by atoms with Gasteiger partial charge < -0.3 is 16.0 Å². The van der Waals surface area contributed by atoms with Gasteiger partial charge in [0, 0.05) is 23.0 Å². The Hall–Kier alpha value is -2.64. The highest BCUT2D eigenvalue weighted by Crippen LogP contribution is 2.33. The van der Waals surface area contributed by atoms with Crippen LogP contribution in [0.1, 0.15) is 22.6 Å². The molecule has 5 N–H and O–H groups in total. The lowest BCUT2D eigenvalue weighted by molar-refractivity contribution is -0.120. The molecule has 1 aliphatic heterocycles. The lowest BCUT2D eigenvalue weighted by atomic mass is 9.85. The normalized spacial score (nSPS) is 18.4. The maximum absolute atomic E-state index is 12.3. The maximum Gasteiger partial charge on any atom is 0.322 e. The van der Waals surface area contributed by atoms with Gasteiger partial charge in [0.05, 0.1) is 0 Å². The number of hydrogen-bond acceptors (Lipinski definition) is 4. The summed E-state index contributed by atoms with van der Waals surface area (Å²) in [5, 5.41) is 10.2. The number of urea groups is 1. The summed E-state index contributed by atoms with van der Waals surface area (Å²) in [6.07, 6.45) is 2.76. The third-order valence-electron chi connectivity index (χ3n) is 4.61. The van der Waals surface area contributed by atoms with Crippen LogP contribution in [0.4, 0.5) is 4.79 Å². The quantitative estimate of drug-likeness (QED) is 0.528. The fraction of sp³-hybridized carbons (Fsp3) is 0.222. The number of nitrogens with two attached hydrogens (primary N) is 1. The first-order valence-electron chi connectivity index (χ1n) is 8.11. The number of H-pyrrole nitrogens is 1. The van der Waals surface area contributed by atoms with E-state index >= 15 is 0 Å². The Morgan fingerprint density at radius 1 is 1.20 bits per heavy atom. The first-order valence-corrected chi connectivity index (χ1v) is 9.05. The molecule has 0 bridgehead atoms. The van der Waals surface area contributed by atoms with Gasteiger partial charge in [0.1, 0.15) is 6.04 Å². The van der Waals surface area contributed by atoms with Gasteiger partial charge in [-0.1, -0.05) is 6.07 Å². The zero-order valence-corrected chi connectivity index (χ0v) is 14.2. The number of imide groups is 1. The number of thiophene rings is 1. The number of aromatic nitrogens is 1. The fourth-order valence-electron chi connectivity index (χ4n) is 3.45. The van der Waals surface area contributed by atoms with Crippen molar-refractivity contribution in [3.8, 4) is 0 Å². The van der Waals surface area contributed by atoms with E-state index in [0.29, 0.717) is 6.54 Å². The van der Waals surface area contributed by atoms with Crippen molar-refractivity contribution in [2.24, 2.45) is 5.73 Å². The van der Waals surface area contributed by atoms with E-state index in [9.17, 15) is 9.59 Å². The number of hydrogen-bond donors (Lipinski definition) is 4. The van der Waals surface area contributed by atoms with Crippen LogP contribution < -0.4 is 16.4 Å². The van der Waals surface area contributed by atoms with Gasteiger partial charge in [0.2, 0.25) is 0 Å². The summed E-state index contributed by atoms with van der Waals surface area (Å²) >= 11 is 1.57. The van der Waals surface area contributed by atoms with E-state index in [4.69, 9.17) is 5.73 Å². The molecule has 0 spiro atoms. The molecule has 0 saturated carbocycles. The second-order valence-electron chi connectivity index (χ2n) is 6.13. The monoisotopic (exact) mass is 354 g/mol. The molecule has 7 heteroatoms. The molecular formula is C18H18N4O2S. The van der Waals surface area contributed by atoms with Crippen LogP contribution in [0, 0.1) is 0 Å². The molecule has 1 aliphatic rings. The topological polar surface area (TPSA) is 100 Å². The van der Waals surface area contributed by atoms with Crippen molar-refractivity contribution in [2.75, 3.05) is 6.54 Å². The van der Waals surface area contributed by atoms with Crippen molar-refractivity contribution >= 4 is 34.2 Å². The molecule has 3 aromatic rings. The molecule has 2 aromatic heterocycles. The molecule has 2 unspecified atom stereocenters. The molecule has 2 atom stereocenters. The largest absolute Gasteiger partial charge is 0.361 e. The summed E-state index contributed by atoms with van der Waals surface area (Å²) in [6, 6.07) is 7.05. The minimum atomic E-state index is -0.614. The van der Waals surface area contributed by atoms with E-state index < -0.39 is 12.1 Å². The van der Waals surface area contributed by atoms with Crippen LogP contribution in [0.2, 0.25) is 0 Å². The fourth-order valence-corrected chi connectivity index (χ4v) is 4.14. The highest BCUT2D eigenvalue weighted by molar-refractivity contribution is 7.08. The second-order valence-corrected chi connectivity index (χ2v) is 6.91. The predicted octanol–water partition coefficient (Wildman–Crippen LogP) is 2.07. The Morgan fingerprint density at radius 2 is 2.08 bits per heavy atom. The summed E-state index contributed by atoms with van der Waals surface area (Å²) in [4.78, 5) is 27.1. The molecule has 1 aromatic carbocycles. The van der Waals surface area contributed by atoms with Crippen LogP contribution in [0.5, 0.6) is 0 Å². The first-order chi connectivity index (χ1) is 12.2. The average molecular weight is 354 g/mol. The Kier molecular flexibility index (Phi) is 4.03. The van der Waals surface area contributed by atoms with Gasteiger partial charge in [-0.2, -0.15) is 11.3 Å². The lowest BCUT2D eigenvalue weighted by Gasteiger charge is -2.21. The number of benzene rings is 1. The Bertz CT molecular complexity index is 932. The van der Waals surface area contributed by atoms with Crippen LogP contribution in [-0.2, 0) is 11.2 Å². The van der Waals surface area contributed by atoms with E-state index in [2.05, 4.69) is 21.7 Å². The van der Waals surface area contributed by atoms with Crippen LogP contribution >= 0.6 is 11.3 Å². The van der Waals surface area contributed by atoms with Crippen LogP contribution in [0.3, 0.4) is 0 Å². The lowest BCUT2D eigenvalue weighted by Crippen LogP contribution is -2.36. The van der Waals surface area contributed by atoms with Crippen molar-refractivity contribution in [3.63, 3.8) is 0 Å². The number of nitrogens with one attached hydrogen (secondary N) is 3. The molecule has 128 valence electrons. The van der Waals surface area contributed by atoms with E-state index in [1.807, 2.05) is 35.2 Å². The smallest absolute Gasteiger partial charge is 0.322 e. The molecule has 25 heavy (non-hydrogen) atoms. The zero-order valence-electron chi connectivity index (χ0n) is 13.4. The van der Waals surface area contributed by atoms with Crippen LogP contribution in [0.25, 0.3) is 10.9 Å². The van der Waals surface area contributed by atoms with Crippen molar-refractivity contribution < 1.29 is 9.59 Å². The molecule has 1 saturated heterocycles. The van der Waals surface area contributed by atoms with Gasteiger partial charge in [-0.15, -0.1) is 0 Å². The Morgan fingerprint density at radius 3 is 2.76 bits per heavy atom. The van der Waals surface area contributed by atoms with Crippen molar-refractivity contribution in [2.45, 2.75) is 18.4 Å². The summed E-state index contributed by atoms with van der Waals surface area (Å²) in [6.45, 7) is 0.576. The molecule has 0 radical (unpaired) electrons. The Balaban J connectivity index is 1.82. The van der Waals surface area contributed by atoms with Gasteiger partial charge >= 0.3 is 6.03 Å². The first kappa shape index (κ1) is 15.9. The van der Waals surface area contributed by atoms with Crippen molar-refractivity contribution in [1.29, 1.82) is 0 Å². The van der Waals surface area contributed by atoms with Gasteiger partial charge in [0.25, 0.3) is 5.91 Å². The summed E-state index contributed by atoms with van der Waals surface area (Å²) in [5.74, 6) is -0.528. The third kappa shape index (κ3) is 2.81. The number of rotatable bonds is 5. The Labute approximate surface area is 148 Å². The molecule has 3 amide bonds. The highest BCUT2D eigenvalue weighted by atomic mass is 32.1. The van der Waals surface area contributed by atoms with Crippen molar-refractivity contribution in [3.05, 3.63) is 57.9 Å². The van der Waals surface area contributed by atoms with Crippen LogP contribution in [-0.4, -0.2) is 29.5 Å². The van der Waals surface area contributed by atoms with Gasteiger partial charge in [-0.3, -0.25) is 10.1 Å².